The van der Waals surface area contributed by atoms with Crippen molar-refractivity contribution in [1.29, 1.82) is 0 Å². The number of ether oxygens (including phenoxy) is 2. The minimum atomic E-state index is 0.109. The molecule has 0 aliphatic carbocycles. The lowest BCUT2D eigenvalue weighted by molar-refractivity contribution is 0.0766. The Kier molecular flexibility index (Phi) is 4.41. The lowest BCUT2D eigenvalue weighted by atomic mass is 10.1. The number of aromatic nitrogens is 1. The van der Waals surface area contributed by atoms with Crippen LogP contribution in [0.1, 0.15) is 27.6 Å². The maximum atomic E-state index is 13.0. The van der Waals surface area contributed by atoms with Gasteiger partial charge in [-0.05, 0) is 42.3 Å². The van der Waals surface area contributed by atoms with Gasteiger partial charge in [0.05, 0.1) is 15.7 Å². The van der Waals surface area contributed by atoms with Crippen LogP contribution in [0.25, 0.3) is 10.2 Å². The number of nitrogens with zero attached hydrogens (tertiary/aromatic N) is 2. The smallest absolute Gasteiger partial charge is 0.253 e. The number of amides is 1. The molecule has 1 amide bonds. The van der Waals surface area contributed by atoms with E-state index in [0.29, 0.717) is 12.0 Å². The minimum Gasteiger partial charge on any atom is -0.454 e. The molecule has 1 fully saturated rings. The van der Waals surface area contributed by atoms with Gasteiger partial charge in [-0.15, -0.1) is 11.3 Å². The van der Waals surface area contributed by atoms with Gasteiger partial charge in [0.15, 0.2) is 11.5 Å². The highest BCUT2D eigenvalue weighted by Gasteiger charge is 2.24. The summed E-state index contributed by atoms with van der Waals surface area (Å²) < 4.78 is 12.0. The van der Waals surface area contributed by atoms with Crippen LogP contribution in [0, 0.1) is 0 Å². The predicted octanol–water partition coefficient (Wildman–Crippen LogP) is 4.35. The van der Waals surface area contributed by atoms with Gasteiger partial charge in [0, 0.05) is 29.7 Å². The third kappa shape index (κ3) is 3.26. The molecule has 2 aliphatic heterocycles. The van der Waals surface area contributed by atoms with E-state index in [1.165, 1.54) is 5.56 Å². The van der Waals surface area contributed by atoms with E-state index in [2.05, 4.69) is 17.1 Å². The Hall–Kier alpha value is -2.25. The van der Waals surface area contributed by atoms with Gasteiger partial charge in [0.25, 0.3) is 5.91 Å². The Labute approximate surface area is 165 Å². The van der Waals surface area contributed by atoms with E-state index in [-0.39, 0.29) is 5.91 Å². The van der Waals surface area contributed by atoms with E-state index in [9.17, 15) is 4.79 Å². The zero-order valence-corrected chi connectivity index (χ0v) is 16.2. The van der Waals surface area contributed by atoms with E-state index < -0.39 is 0 Å². The van der Waals surface area contributed by atoms with Crippen molar-refractivity contribution in [3.63, 3.8) is 0 Å². The molecule has 3 aromatic rings. The molecule has 0 bridgehead atoms. The highest BCUT2D eigenvalue weighted by atomic mass is 32.2. The minimum absolute atomic E-state index is 0.109. The van der Waals surface area contributed by atoms with Crippen molar-refractivity contribution in [2.75, 3.05) is 25.6 Å². The molecule has 27 heavy (non-hydrogen) atoms. The number of benzene rings is 2. The van der Waals surface area contributed by atoms with E-state index in [1.54, 1.807) is 11.3 Å². The number of rotatable bonds is 2. The van der Waals surface area contributed by atoms with Crippen LogP contribution in [0.3, 0.4) is 0 Å². The molecule has 0 N–H and O–H groups in total. The quantitative estimate of drug-likeness (QED) is 0.643. The van der Waals surface area contributed by atoms with Crippen molar-refractivity contribution in [2.24, 2.45) is 0 Å². The Balaban J connectivity index is 1.31. The lowest BCUT2D eigenvalue weighted by Gasteiger charge is -2.20. The molecule has 1 atom stereocenters. The average Bonchev–Trinajstić information content (AvgIpc) is 3.29. The summed E-state index contributed by atoms with van der Waals surface area (Å²) in [4.78, 5) is 19.2. The summed E-state index contributed by atoms with van der Waals surface area (Å²) in [6.07, 6.45) is 0.929. The molecular formula is C20H18N2O3S2. The first kappa shape index (κ1) is 16.9. The predicted molar refractivity (Wildman–Crippen MR) is 108 cm³/mol. The molecule has 7 heteroatoms. The molecule has 5 nitrogen and oxygen atoms in total. The molecule has 1 aromatic heterocycles. The summed E-state index contributed by atoms with van der Waals surface area (Å²) in [5, 5.41) is 0.362. The topological polar surface area (TPSA) is 51.7 Å². The molecule has 0 saturated carbocycles. The van der Waals surface area contributed by atoms with E-state index >= 15 is 0 Å². The first-order valence-electron chi connectivity index (χ1n) is 8.91. The summed E-state index contributed by atoms with van der Waals surface area (Å²) in [6, 6.07) is 12.0. The number of carbonyl (C=O) groups excluding carboxylic acids is 1. The Morgan fingerprint density at radius 2 is 2.04 bits per heavy atom. The fourth-order valence-electron chi connectivity index (χ4n) is 3.52. The summed E-state index contributed by atoms with van der Waals surface area (Å²) in [7, 11) is 0. The van der Waals surface area contributed by atoms with Crippen LogP contribution in [0.2, 0.25) is 0 Å². The number of carbonyl (C=O) groups is 1. The molecule has 0 spiro atoms. The molecular weight excluding hydrogens is 380 g/mol. The van der Waals surface area contributed by atoms with Crippen molar-refractivity contribution in [3.8, 4) is 11.5 Å². The molecule has 1 saturated heterocycles. The highest BCUT2D eigenvalue weighted by molar-refractivity contribution is 7.99. The second kappa shape index (κ2) is 7.05. The largest absolute Gasteiger partial charge is 0.454 e. The van der Waals surface area contributed by atoms with E-state index in [1.807, 2.05) is 46.4 Å². The third-order valence-corrected chi connectivity index (χ3v) is 7.10. The van der Waals surface area contributed by atoms with Gasteiger partial charge < -0.3 is 14.4 Å². The lowest BCUT2D eigenvalue weighted by Crippen LogP contribution is -2.32. The Morgan fingerprint density at radius 3 is 3.00 bits per heavy atom. The van der Waals surface area contributed by atoms with Crippen LogP contribution in [0.4, 0.5) is 0 Å². The highest BCUT2D eigenvalue weighted by Crippen LogP contribution is 2.40. The second-order valence-corrected chi connectivity index (χ2v) is 8.78. The van der Waals surface area contributed by atoms with Crippen LogP contribution in [-0.4, -0.2) is 41.4 Å². The SMILES string of the molecule is O=C(c1ccc2ncsc2c1)N1CCS[C@@H](c2ccc3c(c2)OCO3)CC1. The number of thiazole rings is 1. The fourth-order valence-corrected chi connectivity index (χ4v) is 5.46. The Bertz CT molecular complexity index is 1000. The maximum Gasteiger partial charge on any atom is 0.253 e. The Morgan fingerprint density at radius 1 is 1.11 bits per heavy atom. The molecule has 138 valence electrons. The summed E-state index contributed by atoms with van der Waals surface area (Å²) in [6.45, 7) is 1.82. The molecule has 2 aliphatic rings. The fraction of sp³-hybridized carbons (Fsp3) is 0.300. The maximum absolute atomic E-state index is 13.0. The van der Waals surface area contributed by atoms with Crippen molar-refractivity contribution in [2.45, 2.75) is 11.7 Å². The number of hydrogen-bond donors (Lipinski definition) is 0. The zero-order valence-electron chi connectivity index (χ0n) is 14.6. The standard InChI is InChI=1S/C20H18N2O3S2/c23-20(14-1-3-15-19(10-14)27-11-21-15)22-6-5-18(26-8-7-22)13-2-4-16-17(9-13)25-12-24-16/h1-4,9-11,18H,5-8,12H2/t18-/m1/s1. The van der Waals surface area contributed by atoms with Crippen LogP contribution >= 0.6 is 23.1 Å². The van der Waals surface area contributed by atoms with Gasteiger partial charge >= 0.3 is 0 Å². The first-order chi connectivity index (χ1) is 13.3. The van der Waals surface area contributed by atoms with Crippen molar-refractivity contribution in [3.05, 3.63) is 53.0 Å². The first-order valence-corrected chi connectivity index (χ1v) is 10.8. The molecule has 3 heterocycles. The van der Waals surface area contributed by atoms with Gasteiger partial charge in [0.1, 0.15) is 0 Å². The molecule has 0 unspecified atom stereocenters. The summed E-state index contributed by atoms with van der Waals surface area (Å²) >= 11 is 3.47. The van der Waals surface area contributed by atoms with Crippen LogP contribution in [-0.2, 0) is 0 Å². The van der Waals surface area contributed by atoms with Gasteiger partial charge in [-0.2, -0.15) is 11.8 Å². The number of fused-ring (bicyclic) bond motifs is 2. The molecule has 0 radical (unpaired) electrons. The molecule has 5 rings (SSSR count). The third-order valence-electron chi connectivity index (χ3n) is 4.98. The van der Waals surface area contributed by atoms with E-state index in [4.69, 9.17) is 9.47 Å². The number of hydrogen-bond acceptors (Lipinski definition) is 6. The van der Waals surface area contributed by atoms with Gasteiger partial charge in [-0.25, -0.2) is 4.98 Å². The van der Waals surface area contributed by atoms with Gasteiger partial charge in [-0.1, -0.05) is 6.07 Å². The number of thioether (sulfide) groups is 1. The molecule has 2 aromatic carbocycles. The van der Waals surface area contributed by atoms with Crippen molar-refractivity contribution < 1.29 is 14.3 Å². The van der Waals surface area contributed by atoms with Crippen LogP contribution in [0.15, 0.2) is 41.9 Å². The normalized spacial score (nSPS) is 19.3. The van der Waals surface area contributed by atoms with Crippen LogP contribution in [0.5, 0.6) is 11.5 Å². The second-order valence-electron chi connectivity index (χ2n) is 6.59. The van der Waals surface area contributed by atoms with Crippen LogP contribution < -0.4 is 9.47 Å². The van der Waals surface area contributed by atoms with Gasteiger partial charge in [-0.3, -0.25) is 4.79 Å². The zero-order chi connectivity index (χ0) is 18.2. The monoisotopic (exact) mass is 398 g/mol. The van der Waals surface area contributed by atoms with Gasteiger partial charge in [0.2, 0.25) is 6.79 Å². The van der Waals surface area contributed by atoms with Crippen molar-refractivity contribution in [1.82, 2.24) is 9.88 Å². The summed E-state index contributed by atoms with van der Waals surface area (Å²) in [5.74, 6) is 2.67. The van der Waals surface area contributed by atoms with E-state index in [0.717, 1.165) is 52.5 Å². The average molecular weight is 399 g/mol. The summed E-state index contributed by atoms with van der Waals surface area (Å²) in [5.41, 5.74) is 4.76. The van der Waals surface area contributed by atoms with Crippen molar-refractivity contribution >= 4 is 39.2 Å².